The normalized spacial score (nSPS) is 10.3. The minimum absolute atomic E-state index is 0.218. The smallest absolute Gasteiger partial charge is 0.251 e. The van der Waals surface area contributed by atoms with Crippen molar-refractivity contribution in [3.8, 4) is 0 Å². The highest BCUT2D eigenvalue weighted by molar-refractivity contribution is 9.10. The molecule has 2 rings (SSSR count). The lowest BCUT2D eigenvalue weighted by atomic mass is 10.1. The highest BCUT2D eigenvalue weighted by Gasteiger charge is 2.08. The van der Waals surface area contributed by atoms with E-state index in [0.717, 1.165) is 10.0 Å². The Labute approximate surface area is 125 Å². The van der Waals surface area contributed by atoms with Crippen LogP contribution in [0.25, 0.3) is 0 Å². The minimum atomic E-state index is -0.333. The maximum atomic E-state index is 13.1. The molecule has 0 aromatic heterocycles. The Morgan fingerprint density at radius 2 is 2.05 bits per heavy atom. The van der Waals surface area contributed by atoms with Crippen molar-refractivity contribution in [2.45, 2.75) is 13.5 Å². The second-order valence-electron chi connectivity index (χ2n) is 4.49. The summed E-state index contributed by atoms with van der Waals surface area (Å²) in [6.45, 7) is 2.09. The third-order valence-corrected chi connectivity index (χ3v) is 3.75. The number of rotatable bonds is 3. The van der Waals surface area contributed by atoms with Gasteiger partial charge in [0.15, 0.2) is 0 Å². The van der Waals surface area contributed by atoms with E-state index in [9.17, 15) is 9.18 Å². The summed E-state index contributed by atoms with van der Waals surface area (Å²) in [5.41, 5.74) is 8.43. The van der Waals surface area contributed by atoms with Crippen molar-refractivity contribution in [3.05, 3.63) is 63.4 Å². The molecule has 20 heavy (non-hydrogen) atoms. The predicted octanol–water partition coefficient (Wildman–Crippen LogP) is 3.41. The van der Waals surface area contributed by atoms with E-state index < -0.39 is 0 Å². The van der Waals surface area contributed by atoms with Crippen LogP contribution in [0.2, 0.25) is 0 Å². The number of carbonyl (C=O) groups is 1. The van der Waals surface area contributed by atoms with Crippen LogP contribution in [0.4, 0.5) is 10.1 Å². The number of anilines is 1. The van der Waals surface area contributed by atoms with Gasteiger partial charge in [0.2, 0.25) is 0 Å². The van der Waals surface area contributed by atoms with Crippen molar-refractivity contribution in [1.82, 2.24) is 5.32 Å². The van der Waals surface area contributed by atoms with Crippen LogP contribution in [0.3, 0.4) is 0 Å². The van der Waals surface area contributed by atoms with Gasteiger partial charge in [0.1, 0.15) is 5.82 Å². The van der Waals surface area contributed by atoms with E-state index in [4.69, 9.17) is 5.73 Å². The molecule has 3 N–H and O–H groups in total. The van der Waals surface area contributed by atoms with Gasteiger partial charge in [-0.1, -0.05) is 15.9 Å². The number of hydrogen-bond donors (Lipinski definition) is 2. The van der Waals surface area contributed by atoms with Gasteiger partial charge in [-0.3, -0.25) is 4.79 Å². The zero-order chi connectivity index (χ0) is 14.7. The summed E-state index contributed by atoms with van der Waals surface area (Å²) in [6.07, 6.45) is 0. The van der Waals surface area contributed by atoms with Gasteiger partial charge in [0.25, 0.3) is 5.91 Å². The Morgan fingerprint density at radius 3 is 2.75 bits per heavy atom. The largest absolute Gasteiger partial charge is 0.399 e. The quantitative estimate of drug-likeness (QED) is 0.844. The fourth-order valence-electron chi connectivity index (χ4n) is 1.77. The summed E-state index contributed by atoms with van der Waals surface area (Å²) in [6, 6.07) is 9.45. The lowest BCUT2D eigenvalue weighted by molar-refractivity contribution is 0.0950. The highest BCUT2D eigenvalue weighted by Crippen LogP contribution is 2.18. The van der Waals surface area contributed by atoms with E-state index in [1.54, 1.807) is 24.3 Å². The number of carbonyl (C=O) groups excluding carboxylic acids is 1. The van der Waals surface area contributed by atoms with Crippen molar-refractivity contribution < 1.29 is 9.18 Å². The fourth-order valence-corrected chi connectivity index (χ4v) is 2.16. The van der Waals surface area contributed by atoms with Gasteiger partial charge in [-0.05, 0) is 54.4 Å². The molecule has 0 aliphatic heterocycles. The number of nitrogen functional groups attached to an aromatic ring is 1. The molecular weight excluding hydrogens is 323 g/mol. The summed E-state index contributed by atoms with van der Waals surface area (Å²) in [5, 5.41) is 2.75. The number of aryl methyl sites for hydroxylation is 1. The van der Waals surface area contributed by atoms with E-state index >= 15 is 0 Å². The van der Waals surface area contributed by atoms with Gasteiger partial charge in [-0.15, -0.1) is 0 Å². The molecule has 0 atom stereocenters. The zero-order valence-corrected chi connectivity index (χ0v) is 12.5. The number of halogens is 2. The van der Waals surface area contributed by atoms with Gasteiger partial charge in [-0.25, -0.2) is 4.39 Å². The van der Waals surface area contributed by atoms with Crippen molar-refractivity contribution in [2.75, 3.05) is 5.73 Å². The lowest BCUT2D eigenvalue weighted by Gasteiger charge is -2.08. The van der Waals surface area contributed by atoms with Crippen LogP contribution in [-0.2, 0) is 6.54 Å². The number of nitrogens with one attached hydrogen (secondary N) is 1. The van der Waals surface area contributed by atoms with Crippen LogP contribution in [0.1, 0.15) is 21.5 Å². The maximum Gasteiger partial charge on any atom is 0.251 e. The number of amides is 1. The van der Waals surface area contributed by atoms with Crippen molar-refractivity contribution >= 4 is 27.5 Å². The van der Waals surface area contributed by atoms with Crippen LogP contribution in [0.15, 0.2) is 40.9 Å². The van der Waals surface area contributed by atoms with Crippen molar-refractivity contribution in [3.63, 3.8) is 0 Å². The molecule has 0 bridgehead atoms. The second kappa shape index (κ2) is 6.05. The third kappa shape index (κ3) is 3.36. The molecule has 0 aliphatic rings. The lowest BCUT2D eigenvalue weighted by Crippen LogP contribution is -2.23. The van der Waals surface area contributed by atoms with E-state index in [-0.39, 0.29) is 18.3 Å². The third-order valence-electron chi connectivity index (χ3n) is 2.98. The Hall–Kier alpha value is -1.88. The van der Waals surface area contributed by atoms with Crippen molar-refractivity contribution in [2.24, 2.45) is 0 Å². The predicted molar refractivity (Wildman–Crippen MR) is 80.9 cm³/mol. The van der Waals surface area contributed by atoms with Crippen LogP contribution in [0, 0.1) is 12.7 Å². The number of nitrogens with two attached hydrogens (primary N) is 1. The van der Waals surface area contributed by atoms with Gasteiger partial charge in [0, 0.05) is 22.3 Å². The highest BCUT2D eigenvalue weighted by atomic mass is 79.9. The van der Waals surface area contributed by atoms with Crippen LogP contribution >= 0.6 is 15.9 Å². The van der Waals surface area contributed by atoms with Crippen molar-refractivity contribution in [1.29, 1.82) is 0 Å². The molecule has 5 heteroatoms. The SMILES string of the molecule is Cc1cc(C(=O)NCc2cc(F)ccc2Br)ccc1N. The molecule has 0 radical (unpaired) electrons. The molecule has 2 aromatic carbocycles. The summed E-state index contributed by atoms with van der Waals surface area (Å²) >= 11 is 3.32. The summed E-state index contributed by atoms with van der Waals surface area (Å²) in [4.78, 5) is 12.0. The maximum absolute atomic E-state index is 13.1. The fraction of sp³-hybridized carbons (Fsp3) is 0.133. The zero-order valence-electron chi connectivity index (χ0n) is 10.9. The molecule has 0 heterocycles. The average Bonchev–Trinajstić information content (AvgIpc) is 2.42. The molecule has 104 valence electrons. The first kappa shape index (κ1) is 14.5. The summed E-state index contributed by atoms with van der Waals surface area (Å²) in [7, 11) is 0. The Balaban J connectivity index is 2.08. The molecule has 0 fully saturated rings. The molecule has 0 spiro atoms. The summed E-state index contributed by atoms with van der Waals surface area (Å²) in [5.74, 6) is -0.551. The molecule has 0 unspecified atom stereocenters. The molecular formula is C15H14BrFN2O. The van der Waals surface area contributed by atoms with E-state index in [0.29, 0.717) is 16.8 Å². The monoisotopic (exact) mass is 336 g/mol. The average molecular weight is 337 g/mol. The standard InChI is InChI=1S/C15H14BrFN2O/c1-9-6-10(2-5-14(9)18)15(20)19-8-11-7-12(17)3-4-13(11)16/h2-7H,8,18H2,1H3,(H,19,20). The Bertz CT molecular complexity index is 658. The molecule has 0 saturated carbocycles. The van der Waals surface area contributed by atoms with Gasteiger partial charge in [0.05, 0.1) is 0 Å². The molecule has 0 aliphatic carbocycles. The van der Waals surface area contributed by atoms with Gasteiger partial charge in [-0.2, -0.15) is 0 Å². The molecule has 0 saturated heterocycles. The molecule has 3 nitrogen and oxygen atoms in total. The number of hydrogen-bond acceptors (Lipinski definition) is 2. The first-order chi connectivity index (χ1) is 9.47. The first-order valence-corrected chi connectivity index (χ1v) is 6.85. The van der Waals surface area contributed by atoms with E-state index in [1.807, 2.05) is 6.92 Å². The van der Waals surface area contributed by atoms with Gasteiger partial charge >= 0.3 is 0 Å². The second-order valence-corrected chi connectivity index (χ2v) is 5.34. The summed E-state index contributed by atoms with van der Waals surface area (Å²) < 4.78 is 13.9. The molecule has 1 amide bonds. The van der Waals surface area contributed by atoms with Crippen LogP contribution < -0.4 is 11.1 Å². The number of benzene rings is 2. The van der Waals surface area contributed by atoms with Gasteiger partial charge < -0.3 is 11.1 Å². The van der Waals surface area contributed by atoms with Crippen LogP contribution in [-0.4, -0.2) is 5.91 Å². The van der Waals surface area contributed by atoms with E-state index in [1.165, 1.54) is 12.1 Å². The first-order valence-electron chi connectivity index (χ1n) is 6.05. The Kier molecular flexibility index (Phi) is 4.39. The Morgan fingerprint density at radius 1 is 1.30 bits per heavy atom. The topological polar surface area (TPSA) is 55.1 Å². The molecule has 2 aromatic rings. The minimum Gasteiger partial charge on any atom is -0.399 e. The van der Waals surface area contributed by atoms with Crippen LogP contribution in [0.5, 0.6) is 0 Å². The van der Waals surface area contributed by atoms with E-state index in [2.05, 4.69) is 21.2 Å².